The lowest BCUT2D eigenvalue weighted by Gasteiger charge is -1.99. The lowest BCUT2D eigenvalue weighted by Crippen LogP contribution is -1.83. The van der Waals surface area contributed by atoms with Gasteiger partial charge in [0.2, 0.25) is 5.82 Å². The maximum Gasteiger partial charge on any atom is 0.259 e. The Balaban J connectivity index is 2.02. The molecule has 3 aromatic rings. The van der Waals surface area contributed by atoms with Crippen LogP contribution < -0.4 is 0 Å². The molecule has 0 unspecified atom stereocenters. The molecule has 0 saturated heterocycles. The molecule has 2 aromatic carbocycles. The van der Waals surface area contributed by atoms with E-state index in [2.05, 4.69) is 26.1 Å². The molecule has 100 valence electrons. The first kappa shape index (κ1) is 12.9. The highest BCUT2D eigenvalue weighted by Gasteiger charge is 2.13. The molecule has 0 saturated carbocycles. The highest BCUT2D eigenvalue weighted by Crippen LogP contribution is 2.29. The van der Waals surface area contributed by atoms with Gasteiger partial charge in [0, 0.05) is 10.0 Å². The number of hydrogen-bond acceptors (Lipinski definition) is 4. The first-order valence-corrected chi connectivity index (χ1v) is 6.82. The lowest BCUT2D eigenvalue weighted by molar-refractivity contribution is 0.432. The molecule has 0 aliphatic carbocycles. The SMILES string of the molecule is Cc1ccc(-c2nc(-c3cccc(O)c3)no2)c(Br)c1. The fraction of sp³-hybridized carbons (Fsp3) is 0.0667. The maximum absolute atomic E-state index is 9.48. The topological polar surface area (TPSA) is 59.2 Å². The largest absolute Gasteiger partial charge is 0.508 e. The summed E-state index contributed by atoms with van der Waals surface area (Å²) < 4.78 is 6.20. The molecule has 0 aliphatic heterocycles. The third-order valence-corrected chi connectivity index (χ3v) is 3.54. The molecule has 0 fully saturated rings. The number of phenols is 1. The summed E-state index contributed by atoms with van der Waals surface area (Å²) in [5.41, 5.74) is 2.70. The zero-order valence-electron chi connectivity index (χ0n) is 10.7. The first-order chi connectivity index (χ1) is 9.63. The average molecular weight is 331 g/mol. The van der Waals surface area contributed by atoms with Crippen LogP contribution in [0.15, 0.2) is 51.5 Å². The quantitative estimate of drug-likeness (QED) is 0.765. The summed E-state index contributed by atoms with van der Waals surface area (Å²) in [6.45, 7) is 2.01. The number of phenolic OH excluding ortho intramolecular Hbond substituents is 1. The molecule has 20 heavy (non-hydrogen) atoms. The maximum atomic E-state index is 9.48. The van der Waals surface area contributed by atoms with Crippen LogP contribution in [-0.2, 0) is 0 Å². The molecule has 0 aliphatic rings. The van der Waals surface area contributed by atoms with Crippen LogP contribution >= 0.6 is 15.9 Å². The Hall–Kier alpha value is -2.14. The number of rotatable bonds is 2. The van der Waals surface area contributed by atoms with Crippen molar-refractivity contribution in [1.29, 1.82) is 0 Å². The number of aryl methyl sites for hydroxylation is 1. The number of benzene rings is 2. The Bertz CT molecular complexity index is 768. The van der Waals surface area contributed by atoms with Crippen LogP contribution in [-0.4, -0.2) is 15.2 Å². The highest BCUT2D eigenvalue weighted by molar-refractivity contribution is 9.10. The van der Waals surface area contributed by atoms with Gasteiger partial charge in [0.05, 0.1) is 5.56 Å². The fourth-order valence-corrected chi connectivity index (χ4v) is 2.55. The molecule has 4 nitrogen and oxygen atoms in total. The van der Waals surface area contributed by atoms with Crippen LogP contribution in [0, 0.1) is 6.92 Å². The molecule has 0 atom stereocenters. The van der Waals surface area contributed by atoms with Gasteiger partial charge >= 0.3 is 0 Å². The minimum Gasteiger partial charge on any atom is -0.508 e. The zero-order valence-corrected chi connectivity index (χ0v) is 12.3. The van der Waals surface area contributed by atoms with Gasteiger partial charge in [-0.15, -0.1) is 0 Å². The average Bonchev–Trinajstić information content (AvgIpc) is 2.88. The summed E-state index contributed by atoms with van der Waals surface area (Å²) in [5, 5.41) is 13.4. The molecular formula is C15H11BrN2O2. The number of hydrogen-bond donors (Lipinski definition) is 1. The van der Waals surface area contributed by atoms with Crippen LogP contribution in [0.3, 0.4) is 0 Å². The summed E-state index contributed by atoms with van der Waals surface area (Å²) in [5.74, 6) is 1.06. The minimum absolute atomic E-state index is 0.172. The van der Waals surface area contributed by atoms with Gasteiger partial charge in [0.15, 0.2) is 0 Å². The smallest absolute Gasteiger partial charge is 0.259 e. The molecule has 0 spiro atoms. The Morgan fingerprint density at radius 3 is 2.75 bits per heavy atom. The molecule has 1 N–H and O–H groups in total. The number of aromatic hydroxyl groups is 1. The van der Waals surface area contributed by atoms with Crippen LogP contribution in [0.2, 0.25) is 0 Å². The van der Waals surface area contributed by atoms with E-state index in [0.29, 0.717) is 17.3 Å². The Labute approximate surface area is 124 Å². The van der Waals surface area contributed by atoms with Gasteiger partial charge in [-0.05, 0) is 52.7 Å². The van der Waals surface area contributed by atoms with Crippen molar-refractivity contribution in [3.8, 4) is 28.6 Å². The van der Waals surface area contributed by atoms with Gasteiger partial charge < -0.3 is 9.63 Å². The van der Waals surface area contributed by atoms with Crippen LogP contribution in [0.25, 0.3) is 22.8 Å². The van der Waals surface area contributed by atoms with E-state index >= 15 is 0 Å². The van der Waals surface area contributed by atoms with Crippen molar-refractivity contribution in [2.24, 2.45) is 0 Å². The molecule has 3 rings (SSSR count). The molecule has 1 aromatic heterocycles. The summed E-state index contributed by atoms with van der Waals surface area (Å²) in [4.78, 5) is 4.36. The van der Waals surface area contributed by atoms with Crippen molar-refractivity contribution in [2.45, 2.75) is 6.92 Å². The van der Waals surface area contributed by atoms with E-state index in [9.17, 15) is 5.11 Å². The van der Waals surface area contributed by atoms with E-state index in [1.54, 1.807) is 18.2 Å². The second-order valence-electron chi connectivity index (χ2n) is 4.46. The summed E-state index contributed by atoms with van der Waals surface area (Å²) in [7, 11) is 0. The van der Waals surface area contributed by atoms with Gasteiger partial charge in [0.1, 0.15) is 5.75 Å². The monoisotopic (exact) mass is 330 g/mol. The van der Waals surface area contributed by atoms with Gasteiger partial charge in [-0.1, -0.05) is 23.4 Å². The molecule has 0 amide bonds. The Morgan fingerprint density at radius 2 is 2.00 bits per heavy atom. The summed E-state index contributed by atoms with van der Waals surface area (Å²) in [6, 6.07) is 12.7. The van der Waals surface area contributed by atoms with Crippen molar-refractivity contribution in [2.75, 3.05) is 0 Å². The van der Waals surface area contributed by atoms with Crippen molar-refractivity contribution in [3.05, 3.63) is 52.5 Å². The summed E-state index contributed by atoms with van der Waals surface area (Å²) in [6.07, 6.45) is 0. The van der Waals surface area contributed by atoms with E-state index in [-0.39, 0.29) is 5.75 Å². The van der Waals surface area contributed by atoms with Gasteiger partial charge in [-0.2, -0.15) is 4.98 Å². The highest BCUT2D eigenvalue weighted by atomic mass is 79.9. The van der Waals surface area contributed by atoms with E-state index in [0.717, 1.165) is 15.6 Å². The Morgan fingerprint density at radius 1 is 1.15 bits per heavy atom. The summed E-state index contributed by atoms with van der Waals surface area (Å²) >= 11 is 3.49. The standard InChI is InChI=1S/C15H11BrN2O2/c1-9-5-6-12(13(16)7-9)15-17-14(18-20-15)10-3-2-4-11(19)8-10/h2-8,19H,1H3. The first-order valence-electron chi connectivity index (χ1n) is 6.03. The minimum atomic E-state index is 0.172. The third kappa shape index (κ3) is 2.44. The van der Waals surface area contributed by atoms with E-state index in [1.807, 2.05) is 31.2 Å². The van der Waals surface area contributed by atoms with Crippen molar-refractivity contribution in [1.82, 2.24) is 10.1 Å². The van der Waals surface area contributed by atoms with Gasteiger partial charge in [-0.25, -0.2) is 0 Å². The Kier molecular flexibility index (Phi) is 3.28. The normalized spacial score (nSPS) is 10.7. The molecular weight excluding hydrogens is 320 g/mol. The predicted octanol–water partition coefficient (Wildman–Crippen LogP) is 4.18. The van der Waals surface area contributed by atoms with Crippen LogP contribution in [0.1, 0.15) is 5.56 Å². The number of halogens is 1. The van der Waals surface area contributed by atoms with E-state index < -0.39 is 0 Å². The number of nitrogens with zero attached hydrogens (tertiary/aromatic N) is 2. The van der Waals surface area contributed by atoms with Gasteiger partial charge in [0.25, 0.3) is 5.89 Å². The molecule has 0 bridgehead atoms. The van der Waals surface area contributed by atoms with E-state index in [1.165, 1.54) is 0 Å². The number of aromatic nitrogens is 2. The lowest BCUT2D eigenvalue weighted by atomic mass is 10.1. The molecule has 0 radical (unpaired) electrons. The van der Waals surface area contributed by atoms with Crippen molar-refractivity contribution in [3.63, 3.8) is 0 Å². The predicted molar refractivity (Wildman–Crippen MR) is 79.3 cm³/mol. The van der Waals surface area contributed by atoms with Crippen LogP contribution in [0.5, 0.6) is 5.75 Å². The molecule has 1 heterocycles. The molecule has 5 heteroatoms. The van der Waals surface area contributed by atoms with Crippen LogP contribution in [0.4, 0.5) is 0 Å². The fourth-order valence-electron chi connectivity index (χ4n) is 1.89. The zero-order chi connectivity index (χ0) is 14.1. The van der Waals surface area contributed by atoms with Gasteiger partial charge in [-0.3, -0.25) is 0 Å². The second-order valence-corrected chi connectivity index (χ2v) is 5.31. The van der Waals surface area contributed by atoms with Crippen molar-refractivity contribution >= 4 is 15.9 Å². The second kappa shape index (κ2) is 5.09. The third-order valence-electron chi connectivity index (χ3n) is 2.89. The van der Waals surface area contributed by atoms with E-state index in [4.69, 9.17) is 4.52 Å². The van der Waals surface area contributed by atoms with Crippen molar-refractivity contribution < 1.29 is 9.63 Å².